The van der Waals surface area contributed by atoms with Gasteiger partial charge in [0.2, 0.25) is 0 Å². The molecule has 0 bridgehead atoms. The first kappa shape index (κ1) is 60.8. The van der Waals surface area contributed by atoms with Crippen LogP contribution in [0, 0.1) is 0 Å². The normalized spacial score (nSPS) is 13.1. The van der Waals surface area contributed by atoms with Crippen LogP contribution in [0.3, 0.4) is 0 Å². The molecule has 0 heterocycles. The summed E-state index contributed by atoms with van der Waals surface area (Å²) in [6, 6.07) is 0. The third-order valence-corrected chi connectivity index (χ3v) is 10.6. The summed E-state index contributed by atoms with van der Waals surface area (Å²) in [5, 5.41) is 0. The fourth-order valence-corrected chi connectivity index (χ4v) is 6.70. The van der Waals surface area contributed by atoms with Gasteiger partial charge < -0.3 is 14.2 Å². The van der Waals surface area contributed by atoms with Gasteiger partial charge in [-0.25, -0.2) is 0 Å². The monoisotopic (exact) mass is 899 g/mol. The molecule has 0 saturated carbocycles. The Morgan fingerprint density at radius 2 is 0.615 bits per heavy atom. The predicted octanol–water partition coefficient (Wildman–Crippen LogP) is 17.3. The van der Waals surface area contributed by atoms with E-state index in [1.165, 1.54) is 70.6 Å². The van der Waals surface area contributed by atoms with Crippen molar-refractivity contribution < 1.29 is 28.6 Å². The van der Waals surface area contributed by atoms with Crippen LogP contribution >= 0.6 is 0 Å². The molecule has 1 unspecified atom stereocenters. The van der Waals surface area contributed by atoms with E-state index in [0.29, 0.717) is 19.3 Å². The number of esters is 3. The lowest BCUT2D eigenvalue weighted by Crippen LogP contribution is -2.30. The molecule has 0 amide bonds. The van der Waals surface area contributed by atoms with Crippen LogP contribution in [-0.2, 0) is 28.6 Å². The highest BCUT2D eigenvalue weighted by molar-refractivity contribution is 5.71. The summed E-state index contributed by atoms with van der Waals surface area (Å²) in [6.07, 6.45) is 71.7. The third kappa shape index (κ3) is 50.7. The van der Waals surface area contributed by atoms with E-state index in [2.05, 4.69) is 69.4 Å². The molecule has 0 fully saturated rings. The first-order valence-electron chi connectivity index (χ1n) is 26.2. The first-order chi connectivity index (χ1) is 32.0. The van der Waals surface area contributed by atoms with E-state index in [-0.39, 0.29) is 31.1 Å². The lowest BCUT2D eigenvalue weighted by Gasteiger charge is -2.18. The smallest absolute Gasteiger partial charge is 0.306 e. The van der Waals surface area contributed by atoms with Crippen LogP contribution in [0.15, 0.2) is 122 Å². The van der Waals surface area contributed by atoms with Gasteiger partial charge in [-0.05, 0) is 89.9 Å². The molecule has 0 aliphatic rings. The molecular formula is C59H94O6. The third-order valence-electron chi connectivity index (χ3n) is 10.6. The van der Waals surface area contributed by atoms with Crippen LogP contribution in [-0.4, -0.2) is 37.2 Å². The summed E-state index contributed by atoms with van der Waals surface area (Å²) in [5.41, 5.74) is 0. The van der Waals surface area contributed by atoms with Gasteiger partial charge in [0.15, 0.2) is 6.10 Å². The Bertz CT molecular complexity index is 1400. The summed E-state index contributed by atoms with van der Waals surface area (Å²) in [4.78, 5) is 38.0. The number of hydrogen-bond acceptors (Lipinski definition) is 6. The molecular weight excluding hydrogens is 805 g/mol. The topological polar surface area (TPSA) is 78.9 Å². The maximum absolute atomic E-state index is 12.8. The van der Waals surface area contributed by atoms with Crippen molar-refractivity contribution in [2.75, 3.05) is 13.2 Å². The van der Waals surface area contributed by atoms with E-state index in [4.69, 9.17) is 14.2 Å². The SMILES string of the molecule is CC\C=C/C=C\C=C/C=C\C=C\C=C/C=C\CCCCCC(=O)OCC(COC(=O)CCCCC/C=C\CCCCCCCC)OC(=O)CCCCCCCC/C=C\C=C/CCCCC. The van der Waals surface area contributed by atoms with Crippen molar-refractivity contribution in [3.63, 3.8) is 0 Å². The molecule has 0 rings (SSSR count). The Labute approximate surface area is 399 Å². The van der Waals surface area contributed by atoms with Gasteiger partial charge >= 0.3 is 17.9 Å². The van der Waals surface area contributed by atoms with Crippen molar-refractivity contribution in [2.45, 2.75) is 219 Å². The second-order valence-corrected chi connectivity index (χ2v) is 16.9. The number of carbonyl (C=O) groups excluding carboxylic acids is 3. The second-order valence-electron chi connectivity index (χ2n) is 16.9. The van der Waals surface area contributed by atoms with Crippen molar-refractivity contribution in [1.82, 2.24) is 0 Å². The van der Waals surface area contributed by atoms with Gasteiger partial charge in [-0.3, -0.25) is 14.4 Å². The molecule has 6 heteroatoms. The average Bonchev–Trinajstić information content (AvgIpc) is 3.30. The maximum atomic E-state index is 12.8. The van der Waals surface area contributed by atoms with E-state index >= 15 is 0 Å². The van der Waals surface area contributed by atoms with Crippen molar-refractivity contribution in [2.24, 2.45) is 0 Å². The van der Waals surface area contributed by atoms with Gasteiger partial charge in [-0.1, -0.05) is 226 Å². The van der Waals surface area contributed by atoms with Gasteiger partial charge in [0.05, 0.1) is 0 Å². The van der Waals surface area contributed by atoms with Crippen LogP contribution in [0.4, 0.5) is 0 Å². The molecule has 0 saturated heterocycles. The molecule has 6 nitrogen and oxygen atoms in total. The summed E-state index contributed by atoms with van der Waals surface area (Å²) in [6.45, 7) is 6.37. The van der Waals surface area contributed by atoms with Gasteiger partial charge in [-0.2, -0.15) is 0 Å². The van der Waals surface area contributed by atoms with Crippen LogP contribution in [0.25, 0.3) is 0 Å². The lowest BCUT2D eigenvalue weighted by atomic mass is 10.1. The molecule has 0 radical (unpaired) electrons. The molecule has 0 N–H and O–H groups in total. The Kier molecular flexibility index (Phi) is 49.1. The van der Waals surface area contributed by atoms with Crippen molar-refractivity contribution in [1.29, 1.82) is 0 Å². The first-order valence-corrected chi connectivity index (χ1v) is 26.2. The largest absolute Gasteiger partial charge is 0.462 e. The highest BCUT2D eigenvalue weighted by Gasteiger charge is 2.19. The highest BCUT2D eigenvalue weighted by atomic mass is 16.6. The molecule has 366 valence electrons. The van der Waals surface area contributed by atoms with E-state index in [0.717, 1.165) is 103 Å². The maximum Gasteiger partial charge on any atom is 0.306 e. The van der Waals surface area contributed by atoms with Gasteiger partial charge in [-0.15, -0.1) is 0 Å². The number of ether oxygens (including phenoxy) is 3. The molecule has 0 aromatic rings. The molecule has 0 aliphatic carbocycles. The fourth-order valence-electron chi connectivity index (χ4n) is 6.70. The van der Waals surface area contributed by atoms with Gasteiger partial charge in [0.25, 0.3) is 0 Å². The Morgan fingerprint density at radius 3 is 1.05 bits per heavy atom. The minimum Gasteiger partial charge on any atom is -0.462 e. The Balaban J connectivity index is 4.55. The molecule has 0 aromatic carbocycles. The number of unbranched alkanes of at least 4 members (excludes halogenated alkanes) is 21. The van der Waals surface area contributed by atoms with Gasteiger partial charge in [0, 0.05) is 19.3 Å². The number of allylic oxidation sites excluding steroid dienone is 20. The predicted molar refractivity (Wildman–Crippen MR) is 279 cm³/mol. The van der Waals surface area contributed by atoms with Crippen LogP contribution in [0.2, 0.25) is 0 Å². The van der Waals surface area contributed by atoms with Crippen LogP contribution in [0.5, 0.6) is 0 Å². The zero-order valence-corrected chi connectivity index (χ0v) is 41.7. The van der Waals surface area contributed by atoms with Crippen LogP contribution < -0.4 is 0 Å². The lowest BCUT2D eigenvalue weighted by molar-refractivity contribution is -0.167. The van der Waals surface area contributed by atoms with E-state index in [9.17, 15) is 14.4 Å². The quantitative estimate of drug-likeness (QED) is 0.0199. The Morgan fingerprint density at radius 1 is 0.323 bits per heavy atom. The minimum absolute atomic E-state index is 0.109. The van der Waals surface area contributed by atoms with E-state index in [1.54, 1.807) is 0 Å². The standard InChI is InChI=1S/C59H94O6/c1-4-7-10-13-16-19-22-25-27-28-29-30-32-34-37-40-43-46-49-52-58(61)64-55-56(54-63-57(60)51-48-45-42-39-36-33-24-21-18-15-12-9-6-3)65-59(62)53-50-47-44-41-38-35-31-26-23-20-17-14-11-8-5-2/h7,10,13,16-17,19-20,22-23,25-30,32-34,36-37,56H,4-6,8-9,11-12,14-15,18,21,24,31,35,38-55H2,1-3H3/b10-7-,16-13-,20-17-,22-19-,26-23-,27-25-,29-28+,32-30-,36-33-,37-34-. The minimum atomic E-state index is -0.812. The highest BCUT2D eigenvalue weighted by Crippen LogP contribution is 2.13. The number of rotatable bonds is 45. The summed E-state index contributed by atoms with van der Waals surface area (Å²) >= 11 is 0. The second kappa shape index (κ2) is 52.4. The average molecular weight is 899 g/mol. The van der Waals surface area contributed by atoms with Crippen molar-refractivity contribution in [3.05, 3.63) is 122 Å². The number of hydrogen-bond donors (Lipinski definition) is 0. The zero-order valence-electron chi connectivity index (χ0n) is 41.7. The van der Waals surface area contributed by atoms with Gasteiger partial charge in [0.1, 0.15) is 13.2 Å². The molecule has 65 heavy (non-hydrogen) atoms. The summed E-state index contributed by atoms with van der Waals surface area (Å²) in [7, 11) is 0. The van der Waals surface area contributed by atoms with E-state index < -0.39 is 6.10 Å². The van der Waals surface area contributed by atoms with Crippen molar-refractivity contribution in [3.8, 4) is 0 Å². The van der Waals surface area contributed by atoms with Crippen molar-refractivity contribution >= 4 is 17.9 Å². The molecule has 0 aromatic heterocycles. The molecule has 0 spiro atoms. The summed E-state index contributed by atoms with van der Waals surface area (Å²) in [5.74, 6) is -0.989. The van der Waals surface area contributed by atoms with Crippen LogP contribution in [0.1, 0.15) is 213 Å². The summed E-state index contributed by atoms with van der Waals surface area (Å²) < 4.78 is 16.7. The Hall–Kier alpha value is -4.19. The van der Waals surface area contributed by atoms with E-state index in [1.807, 2.05) is 72.9 Å². The fraction of sp³-hybridized carbons (Fsp3) is 0.610. The number of carbonyl (C=O) groups is 3. The zero-order chi connectivity index (χ0) is 47.2. The molecule has 1 atom stereocenters. The molecule has 0 aliphatic heterocycles.